The lowest BCUT2D eigenvalue weighted by molar-refractivity contribution is 0.318. The quantitative estimate of drug-likeness (QED) is 0.924. The lowest BCUT2D eigenvalue weighted by atomic mass is 9.88. The summed E-state index contributed by atoms with van der Waals surface area (Å²) in [6.07, 6.45) is 4.41. The van der Waals surface area contributed by atoms with Crippen LogP contribution in [0.3, 0.4) is 0 Å². The molecule has 1 fully saturated rings. The van der Waals surface area contributed by atoms with E-state index in [2.05, 4.69) is 22.0 Å². The van der Waals surface area contributed by atoms with Crippen LogP contribution in [0.1, 0.15) is 38.2 Å². The third-order valence-corrected chi connectivity index (χ3v) is 4.21. The molecule has 1 aromatic rings. The fraction of sp³-hybridized carbons (Fsp3) is 0.571. The van der Waals surface area contributed by atoms with Crippen molar-refractivity contribution >= 4 is 15.9 Å². The molecule has 18 heavy (non-hydrogen) atoms. The van der Waals surface area contributed by atoms with Gasteiger partial charge in [-0.1, -0.05) is 12.8 Å². The Morgan fingerprint density at radius 1 is 1.28 bits per heavy atom. The Hall–Kier alpha value is -0.740. The van der Waals surface area contributed by atoms with E-state index in [1.165, 1.54) is 12.8 Å². The van der Waals surface area contributed by atoms with E-state index in [0.717, 1.165) is 34.4 Å². The largest absolute Gasteiger partial charge is 0.495 e. The van der Waals surface area contributed by atoms with Crippen molar-refractivity contribution in [1.82, 2.24) is 0 Å². The Morgan fingerprint density at radius 2 is 1.94 bits per heavy atom. The topological polar surface area (TPSA) is 44.5 Å². The van der Waals surface area contributed by atoms with Crippen LogP contribution in [0.4, 0.5) is 0 Å². The molecule has 1 aromatic carbocycles. The van der Waals surface area contributed by atoms with Crippen LogP contribution in [-0.2, 0) is 5.54 Å². The van der Waals surface area contributed by atoms with Crippen LogP contribution in [0.15, 0.2) is 16.6 Å². The van der Waals surface area contributed by atoms with Gasteiger partial charge in [0, 0.05) is 17.2 Å². The highest BCUT2D eigenvalue weighted by molar-refractivity contribution is 9.10. The number of rotatable bonds is 4. The maximum absolute atomic E-state index is 6.53. The molecule has 1 saturated carbocycles. The van der Waals surface area contributed by atoms with Gasteiger partial charge in [-0.15, -0.1) is 0 Å². The first kappa shape index (κ1) is 13.7. The van der Waals surface area contributed by atoms with Gasteiger partial charge in [0.25, 0.3) is 0 Å². The molecule has 0 aromatic heterocycles. The summed E-state index contributed by atoms with van der Waals surface area (Å²) >= 11 is 3.53. The molecule has 0 aliphatic heterocycles. The summed E-state index contributed by atoms with van der Waals surface area (Å²) in [7, 11) is 1.66. The van der Waals surface area contributed by atoms with Crippen molar-refractivity contribution < 1.29 is 9.47 Å². The number of halogens is 1. The van der Waals surface area contributed by atoms with Gasteiger partial charge in [0.1, 0.15) is 11.5 Å². The summed E-state index contributed by atoms with van der Waals surface area (Å²) in [5.41, 5.74) is 7.37. The molecule has 0 atom stereocenters. The van der Waals surface area contributed by atoms with Gasteiger partial charge in [0.05, 0.1) is 18.2 Å². The third-order valence-electron chi connectivity index (χ3n) is 3.59. The second-order valence-electron chi connectivity index (χ2n) is 4.78. The fourth-order valence-electron chi connectivity index (χ4n) is 2.63. The average molecular weight is 314 g/mol. The summed E-state index contributed by atoms with van der Waals surface area (Å²) < 4.78 is 12.0. The number of hydrogen-bond donors (Lipinski definition) is 1. The van der Waals surface area contributed by atoms with Gasteiger partial charge in [-0.2, -0.15) is 0 Å². The second-order valence-corrected chi connectivity index (χ2v) is 5.63. The van der Waals surface area contributed by atoms with E-state index < -0.39 is 0 Å². The minimum Gasteiger partial charge on any atom is -0.495 e. The smallest absolute Gasteiger partial charge is 0.136 e. The van der Waals surface area contributed by atoms with Gasteiger partial charge >= 0.3 is 0 Å². The van der Waals surface area contributed by atoms with Crippen LogP contribution in [0.2, 0.25) is 0 Å². The predicted octanol–water partition coefficient (Wildman–Crippen LogP) is 3.58. The van der Waals surface area contributed by atoms with E-state index in [9.17, 15) is 0 Å². The fourth-order valence-corrected chi connectivity index (χ4v) is 3.14. The lowest BCUT2D eigenvalue weighted by Gasteiger charge is -2.27. The Morgan fingerprint density at radius 3 is 2.50 bits per heavy atom. The van der Waals surface area contributed by atoms with Crippen molar-refractivity contribution in [1.29, 1.82) is 0 Å². The van der Waals surface area contributed by atoms with Crippen molar-refractivity contribution in [2.75, 3.05) is 13.7 Å². The van der Waals surface area contributed by atoms with Gasteiger partial charge in [-0.25, -0.2) is 0 Å². The maximum atomic E-state index is 6.53. The standard InChI is InChI=1S/C14H20BrNO2/c1-3-18-12-9-13(17-2)11(15)8-10(12)14(16)6-4-5-7-14/h8-9H,3-7,16H2,1-2H3. The summed E-state index contributed by atoms with van der Waals surface area (Å²) in [5, 5.41) is 0. The highest BCUT2D eigenvalue weighted by Gasteiger charge is 2.34. The summed E-state index contributed by atoms with van der Waals surface area (Å²) in [4.78, 5) is 0. The van der Waals surface area contributed by atoms with E-state index in [4.69, 9.17) is 15.2 Å². The normalized spacial score (nSPS) is 17.8. The molecule has 0 radical (unpaired) electrons. The number of nitrogens with two attached hydrogens (primary N) is 1. The number of ether oxygens (including phenoxy) is 2. The highest BCUT2D eigenvalue weighted by Crippen LogP contribution is 2.44. The number of methoxy groups -OCH3 is 1. The SMILES string of the molecule is CCOc1cc(OC)c(Br)cc1C1(N)CCCC1. The van der Waals surface area contributed by atoms with Crippen LogP contribution in [0.5, 0.6) is 11.5 Å². The van der Waals surface area contributed by atoms with E-state index in [1.54, 1.807) is 7.11 Å². The Bertz CT molecular complexity index is 428. The monoisotopic (exact) mass is 313 g/mol. The van der Waals surface area contributed by atoms with Gasteiger partial charge in [0.15, 0.2) is 0 Å². The average Bonchev–Trinajstić information content (AvgIpc) is 2.79. The second kappa shape index (κ2) is 5.49. The summed E-state index contributed by atoms with van der Waals surface area (Å²) in [5.74, 6) is 1.63. The zero-order valence-corrected chi connectivity index (χ0v) is 12.5. The summed E-state index contributed by atoms with van der Waals surface area (Å²) in [6, 6.07) is 3.98. The molecule has 0 spiro atoms. The van der Waals surface area contributed by atoms with E-state index >= 15 is 0 Å². The van der Waals surface area contributed by atoms with Crippen molar-refractivity contribution in [3.8, 4) is 11.5 Å². The molecule has 0 amide bonds. The van der Waals surface area contributed by atoms with Gasteiger partial charge in [0.2, 0.25) is 0 Å². The maximum Gasteiger partial charge on any atom is 0.136 e. The minimum atomic E-state index is -0.251. The molecular formula is C14H20BrNO2. The van der Waals surface area contributed by atoms with Crippen molar-refractivity contribution in [2.24, 2.45) is 5.73 Å². The molecule has 1 aliphatic carbocycles. The zero-order chi connectivity index (χ0) is 13.2. The lowest BCUT2D eigenvalue weighted by Crippen LogP contribution is -2.33. The molecule has 4 heteroatoms. The van der Waals surface area contributed by atoms with Crippen LogP contribution < -0.4 is 15.2 Å². The van der Waals surface area contributed by atoms with Crippen LogP contribution in [-0.4, -0.2) is 13.7 Å². The van der Waals surface area contributed by atoms with Crippen LogP contribution in [0.25, 0.3) is 0 Å². The zero-order valence-electron chi connectivity index (χ0n) is 11.0. The molecule has 3 nitrogen and oxygen atoms in total. The molecule has 2 rings (SSSR count). The molecule has 100 valence electrons. The van der Waals surface area contributed by atoms with E-state index in [-0.39, 0.29) is 5.54 Å². The Kier molecular flexibility index (Phi) is 4.17. The molecule has 0 heterocycles. The highest BCUT2D eigenvalue weighted by atomic mass is 79.9. The molecule has 1 aliphatic rings. The van der Waals surface area contributed by atoms with Crippen LogP contribution >= 0.6 is 15.9 Å². The third kappa shape index (κ3) is 2.50. The molecule has 0 saturated heterocycles. The number of hydrogen-bond acceptors (Lipinski definition) is 3. The van der Waals surface area contributed by atoms with Crippen LogP contribution in [0, 0.1) is 0 Å². The minimum absolute atomic E-state index is 0.251. The Labute approximate surface area is 117 Å². The van der Waals surface area contributed by atoms with Gasteiger partial charge in [-0.3, -0.25) is 0 Å². The molecule has 0 bridgehead atoms. The first-order valence-corrected chi connectivity index (χ1v) is 7.19. The molecule has 0 unspecified atom stereocenters. The van der Waals surface area contributed by atoms with Crippen molar-refractivity contribution in [3.63, 3.8) is 0 Å². The first-order chi connectivity index (χ1) is 8.60. The molecule has 2 N–H and O–H groups in total. The van der Waals surface area contributed by atoms with Gasteiger partial charge < -0.3 is 15.2 Å². The van der Waals surface area contributed by atoms with E-state index in [0.29, 0.717) is 6.61 Å². The van der Waals surface area contributed by atoms with Gasteiger partial charge in [-0.05, 0) is 41.8 Å². The Balaban J connectivity index is 2.47. The van der Waals surface area contributed by atoms with E-state index in [1.807, 2.05) is 13.0 Å². The number of benzene rings is 1. The van der Waals surface area contributed by atoms with Crippen molar-refractivity contribution in [3.05, 3.63) is 22.2 Å². The van der Waals surface area contributed by atoms with Crippen molar-refractivity contribution in [2.45, 2.75) is 38.1 Å². The predicted molar refractivity (Wildman–Crippen MR) is 76.2 cm³/mol. The first-order valence-electron chi connectivity index (χ1n) is 6.40. The molecular weight excluding hydrogens is 294 g/mol. The summed E-state index contributed by atoms with van der Waals surface area (Å²) in [6.45, 7) is 2.62.